The number of rotatable bonds is 4. The minimum atomic E-state index is -1.01. The Morgan fingerprint density at radius 3 is 2.80 bits per heavy atom. The van der Waals surface area contributed by atoms with E-state index in [4.69, 9.17) is 10.5 Å². The topological polar surface area (TPSA) is 98.5 Å². The van der Waals surface area contributed by atoms with Crippen LogP contribution in [-0.2, 0) is 19.1 Å². The van der Waals surface area contributed by atoms with Crippen LogP contribution in [0.25, 0.3) is 0 Å². The Bertz CT molecular complexity index is 290. The molecule has 6 heteroatoms. The van der Waals surface area contributed by atoms with E-state index in [1.54, 1.807) is 0 Å². The number of ether oxygens (including phenoxy) is 1. The largest absolute Gasteiger partial charge is 0.451 e. The number of esters is 1. The first-order chi connectivity index (χ1) is 7.04. The van der Waals surface area contributed by atoms with E-state index in [0.717, 1.165) is 6.42 Å². The molecule has 84 valence electrons. The summed E-state index contributed by atoms with van der Waals surface area (Å²) < 4.78 is 4.81. The third kappa shape index (κ3) is 3.02. The number of hydrogen-bond acceptors (Lipinski definition) is 5. The highest BCUT2D eigenvalue weighted by atomic mass is 16.6. The molecule has 0 spiro atoms. The van der Waals surface area contributed by atoms with E-state index >= 15 is 0 Å². The molecule has 15 heavy (non-hydrogen) atoms. The Balaban J connectivity index is 2.44. The maximum Gasteiger partial charge on any atom is 0.323 e. The van der Waals surface area contributed by atoms with Gasteiger partial charge in [-0.15, -0.1) is 0 Å². The molecule has 1 aliphatic heterocycles. The summed E-state index contributed by atoms with van der Waals surface area (Å²) in [5, 5.41) is 2.05. The number of amides is 2. The normalized spacial score (nSPS) is 22.4. The predicted molar refractivity (Wildman–Crippen MR) is 50.5 cm³/mol. The fourth-order valence-corrected chi connectivity index (χ4v) is 1.28. The second kappa shape index (κ2) is 4.88. The predicted octanol–water partition coefficient (Wildman–Crippen LogP) is -0.928. The number of imide groups is 1. The van der Waals surface area contributed by atoms with Crippen LogP contribution in [0.2, 0.25) is 0 Å². The number of hydrogen-bond donors (Lipinski definition) is 2. The third-order valence-corrected chi connectivity index (χ3v) is 2.09. The lowest BCUT2D eigenvalue weighted by Gasteiger charge is -2.12. The molecule has 1 fully saturated rings. The van der Waals surface area contributed by atoms with Crippen molar-refractivity contribution in [3.63, 3.8) is 0 Å². The van der Waals surface area contributed by atoms with Crippen LogP contribution in [0.3, 0.4) is 0 Å². The quantitative estimate of drug-likeness (QED) is 0.465. The molecule has 0 aromatic rings. The van der Waals surface area contributed by atoms with E-state index in [2.05, 4.69) is 0 Å². The van der Waals surface area contributed by atoms with Crippen LogP contribution in [-0.4, -0.2) is 29.9 Å². The van der Waals surface area contributed by atoms with E-state index in [9.17, 15) is 14.4 Å². The van der Waals surface area contributed by atoms with Crippen LogP contribution >= 0.6 is 0 Å². The fourth-order valence-electron chi connectivity index (χ4n) is 1.28. The van der Waals surface area contributed by atoms with Crippen molar-refractivity contribution >= 4 is 17.8 Å². The summed E-state index contributed by atoms with van der Waals surface area (Å²) in [5.74, 6) is -1.63. The average molecular weight is 214 g/mol. The standard InChI is InChI=1S/C9H14N2O4/c1-2-3-5(10)9(14)15-6-4-7(12)11-8(6)13/h5-6H,2-4,10H2,1H3,(H,11,12,13)/t5-,6-/m0/s1. The number of nitrogens with two attached hydrogens (primary N) is 1. The molecule has 6 nitrogen and oxygen atoms in total. The van der Waals surface area contributed by atoms with Crippen molar-refractivity contribution < 1.29 is 19.1 Å². The molecular weight excluding hydrogens is 200 g/mol. The zero-order chi connectivity index (χ0) is 11.4. The Kier molecular flexibility index (Phi) is 3.79. The van der Waals surface area contributed by atoms with Crippen LogP contribution in [0.15, 0.2) is 0 Å². The van der Waals surface area contributed by atoms with E-state index < -0.39 is 29.9 Å². The first kappa shape index (κ1) is 11.6. The molecule has 0 aromatic carbocycles. The minimum Gasteiger partial charge on any atom is -0.451 e. The molecule has 1 saturated heterocycles. The molecule has 0 aliphatic carbocycles. The van der Waals surface area contributed by atoms with Crippen LogP contribution in [0.4, 0.5) is 0 Å². The highest BCUT2D eigenvalue weighted by molar-refractivity contribution is 6.05. The lowest BCUT2D eigenvalue weighted by molar-refractivity contribution is -0.155. The van der Waals surface area contributed by atoms with Crippen molar-refractivity contribution in [1.82, 2.24) is 5.32 Å². The van der Waals surface area contributed by atoms with Gasteiger partial charge in [-0.3, -0.25) is 19.7 Å². The van der Waals surface area contributed by atoms with Gasteiger partial charge in [-0.25, -0.2) is 0 Å². The highest BCUT2D eigenvalue weighted by Crippen LogP contribution is 2.08. The highest BCUT2D eigenvalue weighted by Gasteiger charge is 2.34. The zero-order valence-electron chi connectivity index (χ0n) is 8.49. The number of carbonyl (C=O) groups excluding carboxylic acids is 3. The van der Waals surface area contributed by atoms with Gasteiger partial charge in [0, 0.05) is 0 Å². The Hall–Kier alpha value is -1.43. The summed E-state index contributed by atoms with van der Waals surface area (Å²) in [5.41, 5.74) is 5.49. The van der Waals surface area contributed by atoms with Crippen LogP contribution in [0.5, 0.6) is 0 Å². The number of nitrogens with one attached hydrogen (secondary N) is 1. The molecule has 0 unspecified atom stereocenters. The maximum atomic E-state index is 11.3. The van der Waals surface area contributed by atoms with Gasteiger partial charge in [0.25, 0.3) is 5.91 Å². The molecule has 2 amide bonds. The van der Waals surface area contributed by atoms with Crippen LogP contribution < -0.4 is 11.1 Å². The summed E-state index contributed by atoms with van der Waals surface area (Å²) in [4.78, 5) is 33.1. The molecule has 2 atom stereocenters. The molecule has 1 heterocycles. The van der Waals surface area contributed by atoms with Gasteiger partial charge in [0.2, 0.25) is 5.91 Å². The van der Waals surface area contributed by atoms with E-state index in [0.29, 0.717) is 6.42 Å². The first-order valence-electron chi connectivity index (χ1n) is 4.84. The summed E-state index contributed by atoms with van der Waals surface area (Å²) in [7, 11) is 0. The minimum absolute atomic E-state index is 0.108. The monoisotopic (exact) mass is 214 g/mol. The van der Waals surface area contributed by atoms with Crippen molar-refractivity contribution in [2.45, 2.75) is 38.3 Å². The molecule has 0 saturated carbocycles. The summed E-state index contributed by atoms with van der Waals surface area (Å²) in [6.07, 6.45) is 0.143. The van der Waals surface area contributed by atoms with Crippen LogP contribution in [0.1, 0.15) is 26.2 Å². The summed E-state index contributed by atoms with van der Waals surface area (Å²) in [6.45, 7) is 1.89. The van der Waals surface area contributed by atoms with E-state index in [1.807, 2.05) is 12.2 Å². The van der Waals surface area contributed by atoms with Crippen molar-refractivity contribution in [3.8, 4) is 0 Å². The molecule has 1 aliphatic rings. The van der Waals surface area contributed by atoms with Gasteiger partial charge in [-0.2, -0.15) is 0 Å². The Labute approximate surface area is 87.1 Å². The van der Waals surface area contributed by atoms with Gasteiger partial charge in [-0.1, -0.05) is 13.3 Å². The average Bonchev–Trinajstić information content (AvgIpc) is 2.45. The van der Waals surface area contributed by atoms with Gasteiger partial charge in [0.1, 0.15) is 6.04 Å². The second-order valence-electron chi connectivity index (χ2n) is 3.44. The van der Waals surface area contributed by atoms with E-state index in [-0.39, 0.29) is 6.42 Å². The van der Waals surface area contributed by atoms with Gasteiger partial charge in [0.15, 0.2) is 6.10 Å². The van der Waals surface area contributed by atoms with Gasteiger partial charge in [-0.05, 0) is 6.42 Å². The fraction of sp³-hybridized carbons (Fsp3) is 0.667. The molecular formula is C9H14N2O4. The lowest BCUT2D eigenvalue weighted by atomic mass is 10.2. The maximum absolute atomic E-state index is 11.3. The van der Waals surface area contributed by atoms with Crippen molar-refractivity contribution in [3.05, 3.63) is 0 Å². The molecule has 1 rings (SSSR count). The summed E-state index contributed by atoms with van der Waals surface area (Å²) >= 11 is 0. The third-order valence-electron chi connectivity index (χ3n) is 2.09. The van der Waals surface area contributed by atoms with E-state index in [1.165, 1.54) is 0 Å². The zero-order valence-corrected chi connectivity index (χ0v) is 8.49. The smallest absolute Gasteiger partial charge is 0.323 e. The lowest BCUT2D eigenvalue weighted by Crippen LogP contribution is -2.37. The van der Waals surface area contributed by atoms with Crippen molar-refractivity contribution in [1.29, 1.82) is 0 Å². The summed E-state index contributed by atoms with van der Waals surface area (Å²) in [6, 6.07) is -0.724. The van der Waals surface area contributed by atoms with Gasteiger partial charge in [0.05, 0.1) is 6.42 Å². The first-order valence-corrected chi connectivity index (χ1v) is 4.84. The Morgan fingerprint density at radius 1 is 1.67 bits per heavy atom. The molecule has 0 radical (unpaired) electrons. The SMILES string of the molecule is CCC[C@H](N)C(=O)O[C@H]1CC(=O)NC1=O. The molecule has 0 aromatic heterocycles. The van der Waals surface area contributed by atoms with Crippen LogP contribution in [0, 0.1) is 0 Å². The molecule has 0 bridgehead atoms. The van der Waals surface area contributed by atoms with Gasteiger partial charge >= 0.3 is 5.97 Å². The van der Waals surface area contributed by atoms with Crippen molar-refractivity contribution in [2.24, 2.45) is 5.73 Å². The number of carbonyl (C=O) groups is 3. The second-order valence-corrected chi connectivity index (χ2v) is 3.44. The Morgan fingerprint density at radius 2 is 2.33 bits per heavy atom. The van der Waals surface area contributed by atoms with Gasteiger partial charge < -0.3 is 10.5 Å². The molecule has 3 N–H and O–H groups in total. The van der Waals surface area contributed by atoms with Crippen molar-refractivity contribution in [2.75, 3.05) is 0 Å².